The van der Waals surface area contributed by atoms with Crippen molar-refractivity contribution in [1.29, 1.82) is 5.26 Å². The van der Waals surface area contributed by atoms with E-state index in [9.17, 15) is 4.79 Å². The Hall–Kier alpha value is -3.33. The van der Waals surface area contributed by atoms with Crippen LogP contribution in [0.4, 0.5) is 0 Å². The molecule has 0 fully saturated rings. The van der Waals surface area contributed by atoms with Crippen molar-refractivity contribution in [2.75, 3.05) is 6.54 Å². The number of imidazole rings is 1. The molecule has 6 heteroatoms. The van der Waals surface area contributed by atoms with Crippen molar-refractivity contribution in [2.45, 2.75) is 26.0 Å². The normalized spacial score (nSPS) is 11.7. The van der Waals surface area contributed by atoms with Gasteiger partial charge >= 0.3 is 0 Å². The van der Waals surface area contributed by atoms with Crippen LogP contribution in [0.15, 0.2) is 54.9 Å². The fourth-order valence-electron chi connectivity index (χ4n) is 2.66. The van der Waals surface area contributed by atoms with E-state index in [-0.39, 0.29) is 5.91 Å². The predicted octanol–water partition coefficient (Wildman–Crippen LogP) is 2.88. The van der Waals surface area contributed by atoms with Crippen LogP contribution in [-0.2, 0) is 11.3 Å². The minimum atomic E-state index is -0.600. The number of amides is 1. The molecule has 1 N–H and O–H groups in total. The lowest BCUT2D eigenvalue weighted by Gasteiger charge is -2.15. The molecule has 132 valence electrons. The second-order valence-corrected chi connectivity index (χ2v) is 5.97. The number of carbonyl (C=O) groups excluding carboxylic acids is 1. The number of hydrogen-bond donors (Lipinski definition) is 1. The van der Waals surface area contributed by atoms with Crippen molar-refractivity contribution in [2.24, 2.45) is 0 Å². The van der Waals surface area contributed by atoms with E-state index in [0.29, 0.717) is 17.9 Å². The van der Waals surface area contributed by atoms with Gasteiger partial charge < -0.3 is 14.6 Å². The first-order valence-electron chi connectivity index (χ1n) is 8.52. The van der Waals surface area contributed by atoms with Gasteiger partial charge in [-0.2, -0.15) is 5.26 Å². The van der Waals surface area contributed by atoms with Gasteiger partial charge in [-0.05, 0) is 49.7 Å². The van der Waals surface area contributed by atoms with Crippen LogP contribution in [0.1, 0.15) is 18.9 Å². The van der Waals surface area contributed by atoms with Crippen LogP contribution >= 0.6 is 0 Å². The van der Waals surface area contributed by atoms with E-state index < -0.39 is 6.10 Å². The highest BCUT2D eigenvalue weighted by Gasteiger charge is 2.14. The molecule has 1 amide bonds. The molecular weight excluding hydrogens is 328 g/mol. The standard InChI is InChI=1S/C20H20N4O2/c1-15(26-17-9-7-16(13-21)8-10-17)20(25)22-11-4-12-24-14-23-18-5-2-3-6-19(18)24/h2-3,5-10,14-15H,4,11-12H2,1H3,(H,22,25)/t15-/m1/s1. The Morgan fingerprint density at radius 3 is 2.81 bits per heavy atom. The average Bonchev–Trinajstić information content (AvgIpc) is 3.09. The zero-order valence-electron chi connectivity index (χ0n) is 14.6. The molecule has 0 unspecified atom stereocenters. The molecular formula is C20H20N4O2. The van der Waals surface area contributed by atoms with E-state index in [4.69, 9.17) is 10.00 Å². The van der Waals surface area contributed by atoms with Crippen LogP contribution in [0.5, 0.6) is 5.75 Å². The molecule has 26 heavy (non-hydrogen) atoms. The quantitative estimate of drug-likeness (QED) is 0.666. The van der Waals surface area contributed by atoms with Gasteiger partial charge in [0.25, 0.3) is 5.91 Å². The summed E-state index contributed by atoms with van der Waals surface area (Å²) in [5, 5.41) is 11.7. The van der Waals surface area contributed by atoms with Crippen molar-refractivity contribution in [3.8, 4) is 11.8 Å². The number of nitrogens with one attached hydrogen (secondary N) is 1. The molecule has 3 aromatic rings. The van der Waals surface area contributed by atoms with Gasteiger partial charge in [-0.25, -0.2) is 4.98 Å². The Morgan fingerprint density at radius 1 is 1.27 bits per heavy atom. The largest absolute Gasteiger partial charge is 0.481 e. The zero-order valence-corrected chi connectivity index (χ0v) is 14.6. The van der Waals surface area contributed by atoms with Gasteiger partial charge in [0.1, 0.15) is 5.75 Å². The summed E-state index contributed by atoms with van der Waals surface area (Å²) in [4.78, 5) is 16.5. The lowest BCUT2D eigenvalue weighted by atomic mass is 10.2. The predicted molar refractivity (Wildman–Crippen MR) is 98.6 cm³/mol. The topological polar surface area (TPSA) is 79.9 Å². The van der Waals surface area contributed by atoms with Crippen LogP contribution in [0, 0.1) is 11.3 Å². The number of para-hydroxylation sites is 2. The van der Waals surface area contributed by atoms with Crippen LogP contribution in [0.2, 0.25) is 0 Å². The number of carbonyl (C=O) groups is 1. The monoisotopic (exact) mass is 348 g/mol. The summed E-state index contributed by atoms with van der Waals surface area (Å²) in [6.45, 7) is 3.05. The lowest BCUT2D eigenvalue weighted by molar-refractivity contribution is -0.127. The number of nitriles is 1. The van der Waals surface area contributed by atoms with Crippen molar-refractivity contribution >= 4 is 16.9 Å². The smallest absolute Gasteiger partial charge is 0.260 e. The lowest BCUT2D eigenvalue weighted by Crippen LogP contribution is -2.37. The van der Waals surface area contributed by atoms with Gasteiger partial charge in [-0.15, -0.1) is 0 Å². The average molecular weight is 348 g/mol. The molecule has 1 aromatic heterocycles. The fraction of sp³-hybridized carbons (Fsp3) is 0.250. The third-order valence-electron chi connectivity index (χ3n) is 4.07. The Morgan fingerprint density at radius 2 is 2.04 bits per heavy atom. The zero-order chi connectivity index (χ0) is 18.4. The van der Waals surface area contributed by atoms with Crippen LogP contribution in [-0.4, -0.2) is 28.1 Å². The maximum absolute atomic E-state index is 12.1. The number of ether oxygens (including phenoxy) is 1. The molecule has 0 bridgehead atoms. The number of benzene rings is 2. The summed E-state index contributed by atoms with van der Waals surface area (Å²) in [7, 11) is 0. The molecule has 3 rings (SSSR count). The van der Waals surface area contributed by atoms with Crippen LogP contribution < -0.4 is 10.1 Å². The van der Waals surface area contributed by atoms with E-state index in [0.717, 1.165) is 24.0 Å². The number of fused-ring (bicyclic) bond motifs is 1. The molecule has 1 atom stereocenters. The van der Waals surface area contributed by atoms with Gasteiger partial charge in [-0.3, -0.25) is 4.79 Å². The first-order chi connectivity index (χ1) is 12.7. The Kier molecular flexibility index (Phi) is 5.49. The van der Waals surface area contributed by atoms with Gasteiger partial charge in [0.05, 0.1) is 29.0 Å². The summed E-state index contributed by atoms with van der Waals surface area (Å²) in [6.07, 6.45) is 2.02. The second-order valence-electron chi connectivity index (χ2n) is 5.97. The maximum atomic E-state index is 12.1. The molecule has 0 aliphatic heterocycles. The molecule has 0 saturated heterocycles. The molecule has 1 heterocycles. The van der Waals surface area contributed by atoms with Gasteiger partial charge in [0, 0.05) is 13.1 Å². The van der Waals surface area contributed by atoms with Gasteiger partial charge in [0.15, 0.2) is 6.10 Å². The van der Waals surface area contributed by atoms with Crippen molar-refractivity contribution in [3.63, 3.8) is 0 Å². The molecule has 6 nitrogen and oxygen atoms in total. The number of aryl methyl sites for hydroxylation is 1. The van der Waals surface area contributed by atoms with Crippen molar-refractivity contribution in [1.82, 2.24) is 14.9 Å². The number of hydrogen-bond acceptors (Lipinski definition) is 4. The van der Waals surface area contributed by atoms with Gasteiger partial charge in [0.2, 0.25) is 0 Å². The van der Waals surface area contributed by atoms with Crippen molar-refractivity contribution < 1.29 is 9.53 Å². The summed E-state index contributed by atoms with van der Waals surface area (Å²) >= 11 is 0. The van der Waals surface area contributed by atoms with E-state index in [2.05, 4.69) is 14.9 Å². The van der Waals surface area contributed by atoms with Crippen LogP contribution in [0.3, 0.4) is 0 Å². The molecule has 2 aromatic carbocycles. The molecule has 0 saturated carbocycles. The first kappa shape index (κ1) is 17.5. The first-order valence-corrected chi connectivity index (χ1v) is 8.52. The highest BCUT2D eigenvalue weighted by Crippen LogP contribution is 2.14. The Labute approximate surface area is 152 Å². The Bertz CT molecular complexity index is 925. The number of aromatic nitrogens is 2. The number of nitrogens with zero attached hydrogens (tertiary/aromatic N) is 3. The summed E-state index contributed by atoms with van der Waals surface area (Å²) in [5.41, 5.74) is 2.62. The summed E-state index contributed by atoms with van der Waals surface area (Å²) in [6, 6.07) is 16.7. The summed E-state index contributed by atoms with van der Waals surface area (Å²) in [5.74, 6) is 0.404. The van der Waals surface area contributed by atoms with E-state index >= 15 is 0 Å². The highest BCUT2D eigenvalue weighted by molar-refractivity contribution is 5.80. The second kappa shape index (κ2) is 8.17. The van der Waals surface area contributed by atoms with E-state index in [1.807, 2.05) is 36.7 Å². The minimum Gasteiger partial charge on any atom is -0.481 e. The molecule has 0 aliphatic rings. The van der Waals surface area contributed by atoms with Gasteiger partial charge in [-0.1, -0.05) is 12.1 Å². The minimum absolute atomic E-state index is 0.162. The van der Waals surface area contributed by atoms with E-state index in [1.165, 1.54) is 0 Å². The van der Waals surface area contributed by atoms with E-state index in [1.54, 1.807) is 31.2 Å². The third-order valence-corrected chi connectivity index (χ3v) is 4.07. The molecule has 0 radical (unpaired) electrons. The highest BCUT2D eigenvalue weighted by atomic mass is 16.5. The molecule has 0 aliphatic carbocycles. The number of rotatable bonds is 7. The SMILES string of the molecule is C[C@@H](Oc1ccc(C#N)cc1)C(=O)NCCCn1cnc2ccccc21. The fourth-order valence-corrected chi connectivity index (χ4v) is 2.66. The van der Waals surface area contributed by atoms with Crippen molar-refractivity contribution in [3.05, 3.63) is 60.4 Å². The maximum Gasteiger partial charge on any atom is 0.260 e. The third kappa shape index (κ3) is 4.19. The molecule has 0 spiro atoms. The van der Waals surface area contributed by atoms with Crippen LogP contribution in [0.25, 0.3) is 11.0 Å². The Balaban J connectivity index is 1.44. The summed E-state index contributed by atoms with van der Waals surface area (Å²) < 4.78 is 7.68.